The minimum atomic E-state index is 0.0390. The minimum Gasteiger partial charge on any atom is -0.382 e. The number of anilines is 2. The Morgan fingerprint density at radius 3 is 2.53 bits per heavy atom. The SMILES string of the molecule is CCCN(CC(=O)N(C)C)c1ccc(N)nn1. The van der Waals surface area contributed by atoms with Crippen molar-refractivity contribution in [3.05, 3.63) is 12.1 Å². The lowest BCUT2D eigenvalue weighted by atomic mass is 10.3. The molecule has 6 nitrogen and oxygen atoms in total. The third-order valence-electron chi connectivity index (χ3n) is 2.31. The molecule has 0 aliphatic heterocycles. The van der Waals surface area contributed by atoms with Crippen LogP contribution in [0.25, 0.3) is 0 Å². The molecule has 0 radical (unpaired) electrons. The van der Waals surface area contributed by atoms with E-state index in [1.54, 1.807) is 31.1 Å². The first-order valence-corrected chi connectivity index (χ1v) is 5.59. The van der Waals surface area contributed by atoms with Gasteiger partial charge in [-0.1, -0.05) is 6.92 Å². The van der Waals surface area contributed by atoms with Gasteiger partial charge in [-0.2, -0.15) is 0 Å². The van der Waals surface area contributed by atoms with Gasteiger partial charge in [0.2, 0.25) is 5.91 Å². The molecule has 0 aliphatic rings. The molecule has 0 bridgehead atoms. The fraction of sp³-hybridized carbons (Fsp3) is 0.545. The van der Waals surface area contributed by atoms with Crippen molar-refractivity contribution in [2.75, 3.05) is 37.8 Å². The largest absolute Gasteiger partial charge is 0.382 e. The van der Waals surface area contributed by atoms with Crippen LogP contribution in [-0.2, 0) is 4.79 Å². The highest BCUT2D eigenvalue weighted by atomic mass is 16.2. The maximum Gasteiger partial charge on any atom is 0.241 e. The predicted octanol–water partition coefficient (Wildman–Crippen LogP) is 0.363. The molecule has 2 N–H and O–H groups in total. The quantitative estimate of drug-likeness (QED) is 0.800. The van der Waals surface area contributed by atoms with E-state index in [1.165, 1.54) is 0 Å². The molecule has 1 heterocycles. The van der Waals surface area contributed by atoms with Crippen molar-refractivity contribution in [1.29, 1.82) is 0 Å². The summed E-state index contributed by atoms with van der Waals surface area (Å²) in [6.07, 6.45) is 0.937. The lowest BCUT2D eigenvalue weighted by Gasteiger charge is -2.23. The molecule has 0 fully saturated rings. The first-order valence-electron chi connectivity index (χ1n) is 5.59. The van der Waals surface area contributed by atoms with Gasteiger partial charge in [0.1, 0.15) is 5.82 Å². The van der Waals surface area contributed by atoms with Gasteiger partial charge in [0.15, 0.2) is 5.82 Å². The molecule has 94 valence electrons. The highest BCUT2D eigenvalue weighted by Gasteiger charge is 2.13. The van der Waals surface area contributed by atoms with Gasteiger partial charge in [0.05, 0.1) is 6.54 Å². The maximum absolute atomic E-state index is 11.7. The summed E-state index contributed by atoms with van der Waals surface area (Å²) in [7, 11) is 3.47. The highest BCUT2D eigenvalue weighted by molar-refractivity contribution is 5.80. The standard InChI is InChI=1S/C11H19N5O/c1-4-7-16(8-11(17)15(2)3)10-6-5-9(12)13-14-10/h5-6H,4,7-8H2,1-3H3,(H2,12,13). The van der Waals surface area contributed by atoms with E-state index in [2.05, 4.69) is 17.1 Å². The van der Waals surface area contributed by atoms with E-state index in [0.29, 0.717) is 18.2 Å². The molecule has 1 aromatic rings. The zero-order chi connectivity index (χ0) is 12.8. The lowest BCUT2D eigenvalue weighted by molar-refractivity contribution is -0.127. The molecule has 17 heavy (non-hydrogen) atoms. The number of nitrogen functional groups attached to an aromatic ring is 1. The van der Waals surface area contributed by atoms with Crippen molar-refractivity contribution < 1.29 is 4.79 Å². The fourth-order valence-electron chi connectivity index (χ4n) is 1.35. The molecule has 1 rings (SSSR count). The predicted molar refractivity (Wildman–Crippen MR) is 67.6 cm³/mol. The van der Waals surface area contributed by atoms with E-state index in [-0.39, 0.29) is 5.91 Å². The first-order chi connectivity index (χ1) is 8.04. The Morgan fingerprint density at radius 2 is 2.06 bits per heavy atom. The summed E-state index contributed by atoms with van der Waals surface area (Å²) in [5.41, 5.74) is 5.48. The molecule has 0 atom stereocenters. The molecule has 0 aliphatic carbocycles. The van der Waals surface area contributed by atoms with Crippen LogP contribution in [0.2, 0.25) is 0 Å². The van der Waals surface area contributed by atoms with Crippen LogP contribution in [0.3, 0.4) is 0 Å². The molecular formula is C11H19N5O. The van der Waals surface area contributed by atoms with E-state index in [4.69, 9.17) is 5.73 Å². The molecule has 1 amide bonds. The summed E-state index contributed by atoms with van der Waals surface area (Å²) in [6, 6.07) is 3.46. The Balaban J connectivity index is 2.78. The van der Waals surface area contributed by atoms with Gasteiger partial charge in [-0.05, 0) is 18.6 Å². The Morgan fingerprint density at radius 1 is 1.35 bits per heavy atom. The summed E-state index contributed by atoms with van der Waals surface area (Å²) >= 11 is 0. The zero-order valence-electron chi connectivity index (χ0n) is 10.6. The van der Waals surface area contributed by atoms with Gasteiger partial charge >= 0.3 is 0 Å². The van der Waals surface area contributed by atoms with Crippen molar-refractivity contribution in [2.24, 2.45) is 0 Å². The van der Waals surface area contributed by atoms with E-state index < -0.39 is 0 Å². The molecule has 0 aromatic carbocycles. The van der Waals surface area contributed by atoms with E-state index in [1.807, 2.05) is 4.90 Å². The fourth-order valence-corrected chi connectivity index (χ4v) is 1.35. The van der Waals surface area contributed by atoms with Crippen molar-refractivity contribution in [3.63, 3.8) is 0 Å². The van der Waals surface area contributed by atoms with Crippen LogP contribution >= 0.6 is 0 Å². The lowest BCUT2D eigenvalue weighted by Crippen LogP contribution is -2.37. The average molecular weight is 237 g/mol. The number of amides is 1. The van der Waals surface area contributed by atoms with Crippen LogP contribution in [0.4, 0.5) is 11.6 Å². The van der Waals surface area contributed by atoms with Crippen LogP contribution in [0.1, 0.15) is 13.3 Å². The summed E-state index contributed by atoms with van der Waals surface area (Å²) in [5.74, 6) is 1.09. The summed E-state index contributed by atoms with van der Waals surface area (Å²) in [4.78, 5) is 15.1. The molecule has 1 aromatic heterocycles. The van der Waals surface area contributed by atoms with E-state index in [9.17, 15) is 4.79 Å². The van der Waals surface area contributed by atoms with Crippen LogP contribution in [0, 0.1) is 0 Å². The number of hydrogen-bond donors (Lipinski definition) is 1. The summed E-state index contributed by atoms with van der Waals surface area (Å²) in [6.45, 7) is 3.12. The van der Waals surface area contributed by atoms with Gasteiger partial charge in [0.25, 0.3) is 0 Å². The molecule has 0 saturated heterocycles. The van der Waals surface area contributed by atoms with Gasteiger partial charge in [-0.15, -0.1) is 10.2 Å². The average Bonchev–Trinajstić information content (AvgIpc) is 2.29. The van der Waals surface area contributed by atoms with Crippen LogP contribution in [0.5, 0.6) is 0 Å². The van der Waals surface area contributed by atoms with Crippen LogP contribution < -0.4 is 10.6 Å². The summed E-state index contributed by atoms with van der Waals surface area (Å²) in [5, 5.41) is 7.79. The number of rotatable bonds is 5. The molecule has 0 spiro atoms. The van der Waals surface area contributed by atoms with E-state index in [0.717, 1.165) is 13.0 Å². The number of carbonyl (C=O) groups excluding carboxylic acids is 1. The van der Waals surface area contributed by atoms with Gasteiger partial charge in [-0.3, -0.25) is 4.79 Å². The third-order valence-corrected chi connectivity index (χ3v) is 2.31. The van der Waals surface area contributed by atoms with Crippen molar-refractivity contribution in [2.45, 2.75) is 13.3 Å². The minimum absolute atomic E-state index is 0.0390. The third kappa shape index (κ3) is 3.90. The van der Waals surface area contributed by atoms with E-state index >= 15 is 0 Å². The first kappa shape index (κ1) is 13.2. The van der Waals surface area contributed by atoms with Gasteiger partial charge < -0.3 is 15.5 Å². The Kier molecular flexibility index (Phi) is 4.68. The van der Waals surface area contributed by atoms with Gasteiger partial charge in [0, 0.05) is 20.6 Å². The second kappa shape index (κ2) is 6.03. The second-order valence-electron chi connectivity index (χ2n) is 4.03. The van der Waals surface area contributed by atoms with Crippen LogP contribution in [0.15, 0.2) is 12.1 Å². The summed E-state index contributed by atoms with van der Waals surface area (Å²) < 4.78 is 0. The topological polar surface area (TPSA) is 75.4 Å². The van der Waals surface area contributed by atoms with Crippen LogP contribution in [-0.4, -0.2) is 48.2 Å². The Hall–Kier alpha value is -1.85. The van der Waals surface area contributed by atoms with Crippen molar-refractivity contribution in [3.8, 4) is 0 Å². The molecule has 0 saturated carbocycles. The molecule has 6 heteroatoms. The molecule has 0 unspecified atom stereocenters. The number of nitrogens with two attached hydrogens (primary N) is 1. The zero-order valence-corrected chi connectivity index (χ0v) is 10.6. The van der Waals surface area contributed by atoms with Crippen molar-refractivity contribution in [1.82, 2.24) is 15.1 Å². The number of hydrogen-bond acceptors (Lipinski definition) is 5. The number of carbonyl (C=O) groups is 1. The number of aromatic nitrogens is 2. The normalized spacial score (nSPS) is 10.1. The number of likely N-dealkylation sites (N-methyl/N-ethyl adjacent to an activating group) is 1. The smallest absolute Gasteiger partial charge is 0.241 e. The monoisotopic (exact) mass is 237 g/mol. The van der Waals surface area contributed by atoms with Gasteiger partial charge in [-0.25, -0.2) is 0 Å². The maximum atomic E-state index is 11.7. The van der Waals surface area contributed by atoms with Crippen molar-refractivity contribution >= 4 is 17.5 Å². The highest BCUT2D eigenvalue weighted by Crippen LogP contribution is 2.10. The second-order valence-corrected chi connectivity index (χ2v) is 4.03. The molecular weight excluding hydrogens is 218 g/mol. The Labute approximate surface area is 101 Å². The number of nitrogens with zero attached hydrogens (tertiary/aromatic N) is 4. The Bertz CT molecular complexity index is 363.